The van der Waals surface area contributed by atoms with Gasteiger partial charge in [-0.25, -0.2) is 0 Å². The normalized spacial score (nSPS) is 29.0. The molecule has 3 N–H and O–H groups in total. The van der Waals surface area contributed by atoms with Crippen LogP contribution in [0, 0.1) is 0 Å². The van der Waals surface area contributed by atoms with Crippen molar-refractivity contribution in [3.05, 3.63) is 0 Å². The molecular formula is C9H18N2O. The van der Waals surface area contributed by atoms with Crippen LogP contribution in [0.15, 0.2) is 4.99 Å². The smallest absolute Gasteiger partial charge is 0.123 e. The van der Waals surface area contributed by atoms with Crippen molar-refractivity contribution < 1.29 is 5.11 Å². The lowest BCUT2D eigenvalue weighted by Crippen LogP contribution is -2.23. The molecule has 0 spiro atoms. The molecule has 70 valence electrons. The van der Waals surface area contributed by atoms with E-state index in [-0.39, 0.29) is 6.04 Å². The van der Waals surface area contributed by atoms with Gasteiger partial charge in [0.25, 0.3) is 0 Å². The van der Waals surface area contributed by atoms with E-state index < -0.39 is 6.10 Å². The number of hydrogen-bond donors (Lipinski definition) is 2. The van der Waals surface area contributed by atoms with Crippen LogP contribution in [0.25, 0.3) is 0 Å². The van der Waals surface area contributed by atoms with Crippen LogP contribution in [0.3, 0.4) is 0 Å². The van der Waals surface area contributed by atoms with Gasteiger partial charge < -0.3 is 10.8 Å². The van der Waals surface area contributed by atoms with E-state index in [9.17, 15) is 5.11 Å². The topological polar surface area (TPSA) is 58.6 Å². The highest BCUT2D eigenvalue weighted by Crippen LogP contribution is 2.17. The van der Waals surface area contributed by atoms with Gasteiger partial charge in [-0.1, -0.05) is 26.2 Å². The van der Waals surface area contributed by atoms with E-state index in [2.05, 4.69) is 11.9 Å². The molecule has 0 fully saturated rings. The molecular weight excluding hydrogens is 152 g/mol. The molecule has 0 aromatic heterocycles. The summed E-state index contributed by atoms with van der Waals surface area (Å²) in [6.45, 7) is 2.18. The standard InChI is InChI=1S/C9H18N2O/c1-2-3-4-5-7-6-8(12)9(10)11-7/h7-8,12H,2-6H2,1H3,(H2,10,11). The highest BCUT2D eigenvalue weighted by molar-refractivity contribution is 5.86. The lowest BCUT2D eigenvalue weighted by atomic mass is 10.1. The first kappa shape index (κ1) is 9.52. The number of nitrogens with two attached hydrogens (primary N) is 1. The Labute approximate surface area is 73.7 Å². The highest BCUT2D eigenvalue weighted by atomic mass is 16.3. The third kappa shape index (κ3) is 2.48. The van der Waals surface area contributed by atoms with Crippen LogP contribution in [0.2, 0.25) is 0 Å². The predicted molar refractivity (Wildman–Crippen MR) is 50.2 cm³/mol. The molecule has 3 nitrogen and oxygen atoms in total. The molecule has 0 saturated carbocycles. The SMILES string of the molecule is CCCCCC1CC(O)C(N)=N1. The van der Waals surface area contributed by atoms with Crippen molar-refractivity contribution in [2.75, 3.05) is 0 Å². The molecule has 0 saturated heterocycles. The van der Waals surface area contributed by atoms with Gasteiger partial charge in [-0.05, 0) is 6.42 Å². The van der Waals surface area contributed by atoms with Crippen LogP contribution in [0.5, 0.6) is 0 Å². The summed E-state index contributed by atoms with van der Waals surface area (Å²) in [4.78, 5) is 4.19. The summed E-state index contributed by atoms with van der Waals surface area (Å²) in [5, 5.41) is 9.27. The van der Waals surface area contributed by atoms with E-state index in [0.717, 1.165) is 12.8 Å². The van der Waals surface area contributed by atoms with Crippen molar-refractivity contribution in [3.63, 3.8) is 0 Å². The summed E-state index contributed by atoms with van der Waals surface area (Å²) in [7, 11) is 0. The molecule has 0 amide bonds. The van der Waals surface area contributed by atoms with Crippen LogP contribution >= 0.6 is 0 Å². The fourth-order valence-corrected chi connectivity index (χ4v) is 1.54. The number of hydrogen-bond acceptors (Lipinski definition) is 3. The van der Waals surface area contributed by atoms with Gasteiger partial charge in [0.2, 0.25) is 0 Å². The van der Waals surface area contributed by atoms with Crippen LogP contribution < -0.4 is 5.73 Å². The minimum Gasteiger partial charge on any atom is -0.385 e. The molecule has 1 rings (SSSR count). The van der Waals surface area contributed by atoms with Crippen molar-refractivity contribution in [3.8, 4) is 0 Å². The average molecular weight is 170 g/mol. The molecule has 1 aliphatic heterocycles. The molecule has 1 aliphatic rings. The van der Waals surface area contributed by atoms with Crippen LogP contribution in [-0.4, -0.2) is 23.1 Å². The number of amidine groups is 1. The molecule has 0 aromatic rings. The minimum atomic E-state index is -0.475. The van der Waals surface area contributed by atoms with Gasteiger partial charge in [0.15, 0.2) is 0 Å². The van der Waals surface area contributed by atoms with Crippen LogP contribution in [-0.2, 0) is 0 Å². The molecule has 12 heavy (non-hydrogen) atoms. The van der Waals surface area contributed by atoms with Gasteiger partial charge in [-0.3, -0.25) is 4.99 Å². The number of aliphatic imine (C=N–C) groups is 1. The van der Waals surface area contributed by atoms with Gasteiger partial charge in [-0.2, -0.15) is 0 Å². The first-order valence-electron chi connectivity index (χ1n) is 4.75. The zero-order valence-corrected chi connectivity index (χ0v) is 7.66. The number of unbranched alkanes of at least 4 members (excludes halogenated alkanes) is 2. The third-order valence-electron chi connectivity index (χ3n) is 2.31. The van der Waals surface area contributed by atoms with E-state index in [1.165, 1.54) is 19.3 Å². The summed E-state index contributed by atoms with van der Waals surface area (Å²) in [6.07, 6.45) is 5.01. The Hall–Kier alpha value is -0.570. The largest absolute Gasteiger partial charge is 0.385 e. The number of rotatable bonds is 4. The van der Waals surface area contributed by atoms with E-state index in [0.29, 0.717) is 5.84 Å². The zero-order valence-electron chi connectivity index (χ0n) is 7.66. The second-order valence-electron chi connectivity index (χ2n) is 3.46. The van der Waals surface area contributed by atoms with Crippen molar-refractivity contribution in [1.29, 1.82) is 0 Å². The van der Waals surface area contributed by atoms with E-state index in [4.69, 9.17) is 5.73 Å². The summed E-state index contributed by atoms with van der Waals surface area (Å²) in [5.41, 5.74) is 5.47. The summed E-state index contributed by atoms with van der Waals surface area (Å²) in [6, 6.07) is 0.284. The summed E-state index contributed by atoms with van der Waals surface area (Å²) < 4.78 is 0. The Morgan fingerprint density at radius 3 is 2.83 bits per heavy atom. The maximum absolute atomic E-state index is 9.27. The number of nitrogens with zero attached hydrogens (tertiary/aromatic N) is 1. The Kier molecular flexibility index (Phi) is 3.53. The van der Waals surface area contributed by atoms with E-state index >= 15 is 0 Å². The van der Waals surface area contributed by atoms with Crippen molar-refractivity contribution in [2.45, 2.75) is 51.2 Å². The summed E-state index contributed by atoms with van der Waals surface area (Å²) >= 11 is 0. The van der Waals surface area contributed by atoms with E-state index in [1.807, 2.05) is 0 Å². The molecule has 0 aliphatic carbocycles. The van der Waals surface area contributed by atoms with Crippen LogP contribution in [0.4, 0.5) is 0 Å². The van der Waals surface area contributed by atoms with E-state index in [1.54, 1.807) is 0 Å². The molecule has 0 aromatic carbocycles. The third-order valence-corrected chi connectivity index (χ3v) is 2.31. The Morgan fingerprint density at radius 2 is 2.33 bits per heavy atom. The van der Waals surface area contributed by atoms with Gasteiger partial charge >= 0.3 is 0 Å². The van der Waals surface area contributed by atoms with Gasteiger partial charge in [0, 0.05) is 6.42 Å². The Bertz CT molecular complexity index is 168. The molecule has 3 heteroatoms. The average Bonchev–Trinajstić information content (AvgIpc) is 2.32. The monoisotopic (exact) mass is 170 g/mol. The van der Waals surface area contributed by atoms with Crippen molar-refractivity contribution in [2.24, 2.45) is 10.7 Å². The van der Waals surface area contributed by atoms with Crippen molar-refractivity contribution >= 4 is 5.84 Å². The zero-order chi connectivity index (χ0) is 8.97. The Balaban J connectivity index is 2.19. The maximum Gasteiger partial charge on any atom is 0.123 e. The number of aliphatic hydroxyl groups excluding tert-OH is 1. The maximum atomic E-state index is 9.27. The second kappa shape index (κ2) is 4.45. The summed E-state index contributed by atoms with van der Waals surface area (Å²) in [5.74, 6) is 0.427. The molecule has 1 heterocycles. The van der Waals surface area contributed by atoms with Crippen LogP contribution in [0.1, 0.15) is 39.0 Å². The molecule has 2 unspecified atom stereocenters. The first-order chi connectivity index (χ1) is 5.74. The van der Waals surface area contributed by atoms with Gasteiger partial charge in [-0.15, -0.1) is 0 Å². The van der Waals surface area contributed by atoms with Gasteiger partial charge in [0.1, 0.15) is 11.9 Å². The Morgan fingerprint density at radius 1 is 1.58 bits per heavy atom. The second-order valence-corrected chi connectivity index (χ2v) is 3.46. The molecule has 0 bridgehead atoms. The highest BCUT2D eigenvalue weighted by Gasteiger charge is 2.23. The lowest BCUT2D eigenvalue weighted by Gasteiger charge is -2.05. The first-order valence-corrected chi connectivity index (χ1v) is 4.75. The molecule has 2 atom stereocenters. The fourth-order valence-electron chi connectivity index (χ4n) is 1.54. The van der Waals surface area contributed by atoms with Crippen molar-refractivity contribution in [1.82, 2.24) is 0 Å². The lowest BCUT2D eigenvalue weighted by molar-refractivity contribution is 0.230. The molecule has 0 radical (unpaired) electrons. The minimum absolute atomic E-state index is 0.284. The number of aliphatic hydroxyl groups is 1. The fraction of sp³-hybridized carbons (Fsp3) is 0.889. The van der Waals surface area contributed by atoms with Gasteiger partial charge in [0.05, 0.1) is 6.04 Å². The predicted octanol–water partition coefficient (Wildman–Crippen LogP) is 1.06. The quantitative estimate of drug-likeness (QED) is 0.620.